The average Bonchev–Trinajstić information content (AvgIpc) is 2.54. The summed E-state index contributed by atoms with van der Waals surface area (Å²) in [5, 5.41) is 16.2. The Bertz CT molecular complexity index is 578. The van der Waals surface area contributed by atoms with Crippen LogP contribution in [0.25, 0.3) is 0 Å². The van der Waals surface area contributed by atoms with Crippen LogP contribution in [0.1, 0.15) is 40.5 Å². The summed E-state index contributed by atoms with van der Waals surface area (Å²) in [5.74, 6) is -4.23. The van der Waals surface area contributed by atoms with Crippen molar-refractivity contribution >= 4 is 29.6 Å². The molecule has 27 heavy (non-hydrogen) atoms. The second-order valence-electron chi connectivity index (χ2n) is 6.65. The van der Waals surface area contributed by atoms with Crippen molar-refractivity contribution in [1.82, 2.24) is 16.0 Å². The Hall–Kier alpha value is -2.69. The molecule has 0 fully saturated rings. The molecule has 11 heteroatoms. The van der Waals surface area contributed by atoms with Crippen LogP contribution in [0.4, 0.5) is 0 Å². The molecule has 4 atom stereocenters. The molecule has 0 aromatic rings. The Morgan fingerprint density at radius 3 is 1.85 bits per heavy atom. The van der Waals surface area contributed by atoms with Gasteiger partial charge in [-0.1, -0.05) is 13.8 Å². The van der Waals surface area contributed by atoms with Crippen molar-refractivity contribution in [3.63, 3.8) is 0 Å². The smallest absolute Gasteiger partial charge is 0.326 e. The Labute approximate surface area is 157 Å². The van der Waals surface area contributed by atoms with Gasteiger partial charge < -0.3 is 32.5 Å². The van der Waals surface area contributed by atoms with Gasteiger partial charge >= 0.3 is 5.97 Å². The SMILES string of the molecule is CC(N)C(=O)NC(CCC(N)=O)C(=O)NC(C)C(=O)NC(C(=O)O)C(C)C. The van der Waals surface area contributed by atoms with E-state index >= 15 is 0 Å². The maximum Gasteiger partial charge on any atom is 0.326 e. The van der Waals surface area contributed by atoms with Crippen LogP contribution < -0.4 is 27.4 Å². The lowest BCUT2D eigenvalue weighted by Crippen LogP contribution is -2.56. The van der Waals surface area contributed by atoms with Crippen LogP contribution in [0.2, 0.25) is 0 Å². The van der Waals surface area contributed by atoms with Crippen molar-refractivity contribution in [3.8, 4) is 0 Å². The van der Waals surface area contributed by atoms with Gasteiger partial charge in [-0.05, 0) is 26.2 Å². The molecule has 0 aliphatic carbocycles. The fourth-order valence-corrected chi connectivity index (χ4v) is 2.03. The number of carboxylic acid groups (broad SMARTS) is 1. The third-order valence-corrected chi connectivity index (χ3v) is 3.71. The van der Waals surface area contributed by atoms with Crippen LogP contribution >= 0.6 is 0 Å². The third-order valence-electron chi connectivity index (χ3n) is 3.71. The first-order valence-corrected chi connectivity index (χ1v) is 8.54. The van der Waals surface area contributed by atoms with Gasteiger partial charge in [-0.15, -0.1) is 0 Å². The summed E-state index contributed by atoms with van der Waals surface area (Å²) >= 11 is 0. The summed E-state index contributed by atoms with van der Waals surface area (Å²) in [4.78, 5) is 58.4. The number of carbonyl (C=O) groups is 5. The lowest BCUT2D eigenvalue weighted by molar-refractivity contribution is -0.143. The van der Waals surface area contributed by atoms with Gasteiger partial charge in [-0.2, -0.15) is 0 Å². The van der Waals surface area contributed by atoms with Gasteiger partial charge in [0, 0.05) is 6.42 Å². The Balaban J connectivity index is 5.00. The van der Waals surface area contributed by atoms with Crippen LogP contribution in [-0.2, 0) is 24.0 Å². The molecule has 0 aromatic carbocycles. The Morgan fingerprint density at radius 1 is 0.889 bits per heavy atom. The van der Waals surface area contributed by atoms with Crippen molar-refractivity contribution in [1.29, 1.82) is 0 Å². The number of carboxylic acids is 1. The summed E-state index contributed by atoms with van der Waals surface area (Å²) in [6.07, 6.45) is -0.232. The van der Waals surface area contributed by atoms with Gasteiger partial charge in [0.05, 0.1) is 6.04 Å². The molecule has 4 amide bonds. The van der Waals surface area contributed by atoms with E-state index < -0.39 is 53.8 Å². The molecule has 0 bridgehead atoms. The fourth-order valence-electron chi connectivity index (χ4n) is 2.03. The maximum atomic E-state index is 12.4. The molecular weight excluding hydrogens is 358 g/mol. The molecule has 0 aliphatic heterocycles. The first-order chi connectivity index (χ1) is 12.4. The Morgan fingerprint density at radius 2 is 1.44 bits per heavy atom. The van der Waals surface area contributed by atoms with Crippen LogP contribution in [0, 0.1) is 5.92 Å². The molecular formula is C16H29N5O6. The van der Waals surface area contributed by atoms with Gasteiger partial charge in [0.2, 0.25) is 23.6 Å². The summed E-state index contributed by atoms with van der Waals surface area (Å²) in [5.41, 5.74) is 10.5. The van der Waals surface area contributed by atoms with Crippen molar-refractivity contribution in [2.75, 3.05) is 0 Å². The molecule has 0 saturated carbocycles. The highest BCUT2D eigenvalue weighted by atomic mass is 16.4. The van der Waals surface area contributed by atoms with E-state index in [0.29, 0.717) is 0 Å². The highest BCUT2D eigenvalue weighted by Crippen LogP contribution is 2.03. The summed E-state index contributed by atoms with van der Waals surface area (Å²) < 4.78 is 0. The van der Waals surface area contributed by atoms with Gasteiger partial charge in [0.1, 0.15) is 18.1 Å². The predicted octanol–water partition coefficient (Wildman–Crippen LogP) is -2.19. The van der Waals surface area contributed by atoms with Crippen LogP contribution in [0.15, 0.2) is 0 Å². The van der Waals surface area contributed by atoms with Crippen LogP contribution in [-0.4, -0.2) is 58.9 Å². The first-order valence-electron chi connectivity index (χ1n) is 8.54. The predicted molar refractivity (Wildman–Crippen MR) is 96.0 cm³/mol. The number of carbonyl (C=O) groups excluding carboxylic acids is 4. The van der Waals surface area contributed by atoms with Gasteiger partial charge in [0.15, 0.2) is 0 Å². The quantitative estimate of drug-likeness (QED) is 0.232. The average molecular weight is 387 g/mol. The highest BCUT2D eigenvalue weighted by Gasteiger charge is 2.29. The zero-order valence-corrected chi connectivity index (χ0v) is 15.9. The minimum atomic E-state index is -1.19. The minimum absolute atomic E-state index is 0.0717. The largest absolute Gasteiger partial charge is 0.480 e. The molecule has 154 valence electrons. The van der Waals surface area contributed by atoms with Gasteiger partial charge in [0.25, 0.3) is 0 Å². The van der Waals surface area contributed by atoms with Crippen LogP contribution in [0.3, 0.4) is 0 Å². The molecule has 0 radical (unpaired) electrons. The van der Waals surface area contributed by atoms with Gasteiger partial charge in [-0.25, -0.2) is 4.79 Å². The zero-order chi connectivity index (χ0) is 21.3. The second-order valence-corrected chi connectivity index (χ2v) is 6.65. The molecule has 8 N–H and O–H groups in total. The molecule has 0 rings (SSSR count). The van der Waals surface area contributed by atoms with Crippen molar-refractivity contribution in [2.24, 2.45) is 17.4 Å². The van der Waals surface area contributed by atoms with E-state index in [4.69, 9.17) is 16.6 Å². The zero-order valence-electron chi connectivity index (χ0n) is 15.9. The maximum absolute atomic E-state index is 12.4. The van der Waals surface area contributed by atoms with E-state index in [1.165, 1.54) is 13.8 Å². The first kappa shape index (κ1) is 24.3. The summed E-state index contributed by atoms with van der Waals surface area (Å²) in [7, 11) is 0. The van der Waals surface area contributed by atoms with E-state index in [1.807, 2.05) is 0 Å². The lowest BCUT2D eigenvalue weighted by Gasteiger charge is -2.23. The number of hydrogen-bond donors (Lipinski definition) is 6. The van der Waals surface area contributed by atoms with E-state index in [9.17, 15) is 24.0 Å². The lowest BCUT2D eigenvalue weighted by atomic mass is 10.0. The number of rotatable bonds is 11. The van der Waals surface area contributed by atoms with Crippen molar-refractivity contribution < 1.29 is 29.1 Å². The summed E-state index contributed by atoms with van der Waals surface area (Å²) in [6, 6.07) is -4.18. The van der Waals surface area contributed by atoms with E-state index in [-0.39, 0.29) is 18.8 Å². The molecule has 11 nitrogen and oxygen atoms in total. The minimum Gasteiger partial charge on any atom is -0.480 e. The molecule has 0 spiro atoms. The number of nitrogens with two attached hydrogens (primary N) is 2. The third kappa shape index (κ3) is 8.99. The van der Waals surface area contributed by atoms with Crippen LogP contribution in [0.5, 0.6) is 0 Å². The fraction of sp³-hybridized carbons (Fsp3) is 0.688. The standard InChI is InChI=1S/C16H29N5O6/c1-7(2)12(16(26)27)21-14(24)9(4)19-15(25)10(5-6-11(18)22)20-13(23)8(3)17/h7-10,12H,5-6,17H2,1-4H3,(H2,18,22)(H,19,25)(H,20,23)(H,21,24)(H,26,27). The molecule has 4 unspecified atom stereocenters. The van der Waals surface area contributed by atoms with E-state index in [2.05, 4.69) is 16.0 Å². The number of primary amides is 1. The highest BCUT2D eigenvalue weighted by molar-refractivity contribution is 5.94. The molecule has 0 aromatic heterocycles. The van der Waals surface area contributed by atoms with Crippen molar-refractivity contribution in [3.05, 3.63) is 0 Å². The monoisotopic (exact) mass is 387 g/mol. The van der Waals surface area contributed by atoms with Crippen molar-refractivity contribution in [2.45, 2.75) is 64.7 Å². The topological polar surface area (TPSA) is 194 Å². The second kappa shape index (κ2) is 11.1. The number of amides is 4. The normalized spacial score (nSPS) is 15.2. The van der Waals surface area contributed by atoms with E-state index in [1.54, 1.807) is 13.8 Å². The summed E-state index contributed by atoms with van der Waals surface area (Å²) in [6.45, 7) is 6.05. The molecule has 0 aliphatic rings. The Kier molecular flexibility index (Phi) is 10.0. The van der Waals surface area contributed by atoms with E-state index in [0.717, 1.165) is 0 Å². The molecule has 0 heterocycles. The number of hydrogen-bond acceptors (Lipinski definition) is 6. The number of aliphatic carboxylic acids is 1. The molecule has 0 saturated heterocycles. The number of nitrogens with one attached hydrogen (secondary N) is 3. The van der Waals surface area contributed by atoms with Gasteiger partial charge in [-0.3, -0.25) is 19.2 Å².